The molecule has 3 atom stereocenters. The van der Waals surface area contributed by atoms with Crippen molar-refractivity contribution in [2.45, 2.75) is 19.4 Å². The Morgan fingerprint density at radius 3 is 2.62 bits per heavy atom. The monoisotopic (exact) mass is 219 g/mol. The lowest BCUT2D eigenvalue weighted by atomic mass is 10.1. The lowest BCUT2D eigenvalue weighted by Gasteiger charge is -2.16. The third-order valence-corrected chi connectivity index (χ3v) is 3.15. The molecule has 0 aromatic heterocycles. The minimum atomic E-state index is -0.276. The van der Waals surface area contributed by atoms with E-state index in [4.69, 9.17) is 0 Å². The molecule has 3 nitrogen and oxygen atoms in total. The molecular weight excluding hydrogens is 202 g/mol. The maximum absolute atomic E-state index is 11.7. The van der Waals surface area contributed by atoms with E-state index in [1.807, 2.05) is 30.3 Å². The van der Waals surface area contributed by atoms with Crippen LogP contribution in [0, 0.1) is 11.8 Å². The van der Waals surface area contributed by atoms with Crippen LogP contribution in [0.1, 0.15) is 24.9 Å². The van der Waals surface area contributed by atoms with Crippen molar-refractivity contribution < 1.29 is 9.90 Å². The van der Waals surface area contributed by atoms with Gasteiger partial charge in [0.1, 0.15) is 0 Å². The Balaban J connectivity index is 1.98. The minimum Gasteiger partial charge on any atom is -0.394 e. The van der Waals surface area contributed by atoms with Gasteiger partial charge in [-0.3, -0.25) is 4.79 Å². The zero-order valence-electron chi connectivity index (χ0n) is 9.39. The van der Waals surface area contributed by atoms with Crippen molar-refractivity contribution >= 4 is 5.91 Å². The van der Waals surface area contributed by atoms with Gasteiger partial charge in [0.25, 0.3) is 0 Å². The molecule has 0 bridgehead atoms. The molecule has 1 aromatic carbocycles. The first-order valence-corrected chi connectivity index (χ1v) is 5.68. The highest BCUT2D eigenvalue weighted by Crippen LogP contribution is 2.38. The summed E-state index contributed by atoms with van der Waals surface area (Å²) in [5.74, 6) is 0.711. The molecular formula is C13H17NO2. The smallest absolute Gasteiger partial charge is 0.223 e. The van der Waals surface area contributed by atoms with Crippen LogP contribution in [-0.4, -0.2) is 17.6 Å². The molecule has 86 valence electrons. The van der Waals surface area contributed by atoms with E-state index in [1.54, 1.807) is 0 Å². The first-order chi connectivity index (χ1) is 7.72. The van der Waals surface area contributed by atoms with E-state index in [9.17, 15) is 9.90 Å². The van der Waals surface area contributed by atoms with E-state index < -0.39 is 0 Å². The molecule has 0 radical (unpaired) electrons. The molecule has 0 aliphatic heterocycles. The number of aliphatic hydroxyl groups is 1. The summed E-state index contributed by atoms with van der Waals surface area (Å²) in [7, 11) is 0. The largest absolute Gasteiger partial charge is 0.394 e. The van der Waals surface area contributed by atoms with Gasteiger partial charge in [0.2, 0.25) is 5.91 Å². The summed E-state index contributed by atoms with van der Waals surface area (Å²) < 4.78 is 0. The maximum Gasteiger partial charge on any atom is 0.223 e. The fourth-order valence-corrected chi connectivity index (χ4v) is 1.89. The second-order valence-electron chi connectivity index (χ2n) is 4.47. The number of hydrogen-bond donors (Lipinski definition) is 2. The number of nitrogens with one attached hydrogen (secondary N) is 1. The molecule has 1 fully saturated rings. The number of aliphatic hydroxyl groups excluding tert-OH is 1. The van der Waals surface area contributed by atoms with Crippen molar-refractivity contribution in [1.82, 2.24) is 5.32 Å². The molecule has 0 spiro atoms. The molecule has 2 rings (SSSR count). The van der Waals surface area contributed by atoms with Crippen molar-refractivity contribution in [3.8, 4) is 0 Å². The third-order valence-electron chi connectivity index (χ3n) is 3.15. The summed E-state index contributed by atoms with van der Waals surface area (Å²) in [6, 6.07) is 9.28. The molecule has 16 heavy (non-hydrogen) atoms. The third kappa shape index (κ3) is 2.42. The fraction of sp³-hybridized carbons (Fsp3) is 0.462. The fourth-order valence-electron chi connectivity index (χ4n) is 1.89. The number of carbonyl (C=O) groups is 1. The van der Waals surface area contributed by atoms with Crippen LogP contribution in [-0.2, 0) is 4.79 Å². The van der Waals surface area contributed by atoms with Gasteiger partial charge in [-0.2, -0.15) is 0 Å². The lowest BCUT2D eigenvalue weighted by molar-refractivity contribution is -0.123. The van der Waals surface area contributed by atoms with Gasteiger partial charge in [-0.05, 0) is 17.9 Å². The first kappa shape index (κ1) is 11.1. The van der Waals surface area contributed by atoms with E-state index in [0.717, 1.165) is 12.0 Å². The van der Waals surface area contributed by atoms with Crippen molar-refractivity contribution in [3.63, 3.8) is 0 Å². The van der Waals surface area contributed by atoms with Crippen LogP contribution >= 0.6 is 0 Å². The number of rotatable bonds is 4. The highest BCUT2D eigenvalue weighted by molar-refractivity contribution is 5.81. The molecule has 1 saturated carbocycles. The van der Waals surface area contributed by atoms with E-state index in [-0.39, 0.29) is 24.5 Å². The highest BCUT2D eigenvalue weighted by atomic mass is 16.3. The van der Waals surface area contributed by atoms with Crippen LogP contribution in [0.4, 0.5) is 0 Å². The lowest BCUT2D eigenvalue weighted by Crippen LogP contribution is -2.32. The predicted octanol–water partition coefficient (Wildman–Crippen LogP) is 1.49. The van der Waals surface area contributed by atoms with Crippen molar-refractivity contribution in [2.75, 3.05) is 6.61 Å². The average Bonchev–Trinajstić information content (AvgIpc) is 3.04. The van der Waals surface area contributed by atoms with Crippen molar-refractivity contribution in [3.05, 3.63) is 35.9 Å². The van der Waals surface area contributed by atoms with Gasteiger partial charge in [0.05, 0.1) is 12.6 Å². The van der Waals surface area contributed by atoms with Gasteiger partial charge in [-0.25, -0.2) is 0 Å². The molecule has 1 unspecified atom stereocenters. The Morgan fingerprint density at radius 1 is 1.50 bits per heavy atom. The molecule has 0 heterocycles. The van der Waals surface area contributed by atoms with E-state index in [0.29, 0.717) is 5.92 Å². The Kier molecular flexibility index (Phi) is 3.25. The second kappa shape index (κ2) is 4.66. The number of amides is 1. The quantitative estimate of drug-likeness (QED) is 0.806. The molecule has 1 amide bonds. The molecule has 1 aliphatic rings. The van der Waals surface area contributed by atoms with Crippen LogP contribution in [0.25, 0.3) is 0 Å². The second-order valence-corrected chi connectivity index (χ2v) is 4.47. The summed E-state index contributed by atoms with van der Waals surface area (Å²) in [6.07, 6.45) is 0.971. The number of benzene rings is 1. The van der Waals surface area contributed by atoms with E-state index in [2.05, 4.69) is 12.2 Å². The van der Waals surface area contributed by atoms with Crippen LogP contribution in [0.3, 0.4) is 0 Å². The minimum absolute atomic E-state index is 0.0587. The molecule has 1 aliphatic carbocycles. The average molecular weight is 219 g/mol. The van der Waals surface area contributed by atoms with Gasteiger partial charge >= 0.3 is 0 Å². The van der Waals surface area contributed by atoms with Gasteiger partial charge < -0.3 is 10.4 Å². The van der Waals surface area contributed by atoms with E-state index in [1.165, 1.54) is 0 Å². The standard InChI is InChI=1S/C13H17NO2/c1-9-7-11(9)13(16)14-12(8-15)10-5-3-2-4-6-10/h2-6,9,11-12,15H,7-8H2,1H3,(H,14,16)/t9-,11-,12?/m0/s1. The van der Waals surface area contributed by atoms with Crippen molar-refractivity contribution in [1.29, 1.82) is 0 Å². The molecule has 1 aromatic rings. The molecule has 0 saturated heterocycles. The summed E-state index contributed by atoms with van der Waals surface area (Å²) in [5.41, 5.74) is 0.951. The Hall–Kier alpha value is -1.35. The Bertz CT molecular complexity index is 363. The highest BCUT2D eigenvalue weighted by Gasteiger charge is 2.39. The molecule has 2 N–H and O–H groups in total. The van der Waals surface area contributed by atoms with Gasteiger partial charge in [-0.1, -0.05) is 37.3 Å². The van der Waals surface area contributed by atoms with Crippen LogP contribution < -0.4 is 5.32 Å². The summed E-state index contributed by atoms with van der Waals surface area (Å²) >= 11 is 0. The normalized spacial score (nSPS) is 24.9. The van der Waals surface area contributed by atoms with Crippen LogP contribution in [0.15, 0.2) is 30.3 Å². The number of carbonyl (C=O) groups excluding carboxylic acids is 1. The predicted molar refractivity (Wildman–Crippen MR) is 61.7 cm³/mol. The molecule has 3 heteroatoms. The van der Waals surface area contributed by atoms with Crippen molar-refractivity contribution in [2.24, 2.45) is 11.8 Å². The van der Waals surface area contributed by atoms with Gasteiger partial charge in [0, 0.05) is 5.92 Å². The number of hydrogen-bond acceptors (Lipinski definition) is 2. The maximum atomic E-state index is 11.7. The van der Waals surface area contributed by atoms with Gasteiger partial charge in [0.15, 0.2) is 0 Å². The Morgan fingerprint density at radius 2 is 2.12 bits per heavy atom. The van der Waals surface area contributed by atoms with Crippen LogP contribution in [0.5, 0.6) is 0 Å². The van der Waals surface area contributed by atoms with Crippen LogP contribution in [0.2, 0.25) is 0 Å². The zero-order valence-corrected chi connectivity index (χ0v) is 9.39. The SMILES string of the molecule is C[C@H]1C[C@@H]1C(=O)NC(CO)c1ccccc1. The summed E-state index contributed by atoms with van der Waals surface area (Å²) in [5, 5.41) is 12.2. The van der Waals surface area contributed by atoms with Gasteiger partial charge in [-0.15, -0.1) is 0 Å². The zero-order chi connectivity index (χ0) is 11.5. The summed E-state index contributed by atoms with van der Waals surface area (Å²) in [6.45, 7) is 2.01. The Labute approximate surface area is 95.5 Å². The first-order valence-electron chi connectivity index (χ1n) is 5.68. The summed E-state index contributed by atoms with van der Waals surface area (Å²) in [4.78, 5) is 11.7. The van der Waals surface area contributed by atoms with E-state index >= 15 is 0 Å². The topological polar surface area (TPSA) is 49.3 Å².